The fourth-order valence-electron chi connectivity index (χ4n) is 5.44. The highest BCUT2D eigenvalue weighted by molar-refractivity contribution is 7.94. The van der Waals surface area contributed by atoms with Gasteiger partial charge in [-0.2, -0.15) is 3.89 Å². The molecule has 3 N–H and O–H groups in total. The van der Waals surface area contributed by atoms with Gasteiger partial charge in [-0.05, 0) is 72.5 Å². The number of anilines is 1. The second-order valence-corrected chi connectivity index (χ2v) is 10.8. The molecule has 0 bridgehead atoms. The number of rotatable bonds is 10. The van der Waals surface area contributed by atoms with E-state index in [0.717, 1.165) is 5.56 Å². The lowest BCUT2D eigenvalue weighted by molar-refractivity contribution is -0.239. The van der Waals surface area contributed by atoms with Crippen LogP contribution >= 0.6 is 12.1 Å². The van der Waals surface area contributed by atoms with Crippen molar-refractivity contribution < 1.29 is 42.7 Å². The van der Waals surface area contributed by atoms with Crippen LogP contribution in [-0.2, 0) is 19.1 Å². The standard InChI is InChI=1S/C30H29F2NO7S/c31-19-5-7-20(8-6-19)33-28(18-1-9-21(34)10-2-18)24(29(33)36)13-14-25(17-3-11-23(41-32)12-4-17)39-27-16-22(35)15-26(40-27)30(37)38/h1-12,22,24-28,34-35H,13-16H2,(H,37,38)/t22?,24?,25-,26-,27+,28?/m0/s1. The molecule has 2 heterocycles. The molecule has 0 spiro atoms. The molecule has 6 atom stereocenters. The van der Waals surface area contributed by atoms with Crippen LogP contribution in [0, 0.1) is 11.7 Å². The number of carboxylic acids is 1. The summed E-state index contributed by atoms with van der Waals surface area (Å²) in [6, 6.07) is 18.4. The van der Waals surface area contributed by atoms with Crippen molar-refractivity contribution in [1.82, 2.24) is 0 Å². The molecule has 0 aromatic heterocycles. The number of carbonyl (C=O) groups excluding carboxylic acids is 1. The molecule has 41 heavy (non-hydrogen) atoms. The molecule has 0 aliphatic carbocycles. The summed E-state index contributed by atoms with van der Waals surface area (Å²) in [6.07, 6.45) is -3.06. The number of aliphatic hydroxyl groups is 1. The SMILES string of the molecule is O=C(O)[C@@H]1CC(O)C[C@H](O[C@@H](CCC2C(=O)N(c3ccc(F)cc3)C2c2ccc(O)cc2)c2ccc(SF)cc2)O1. The van der Waals surface area contributed by atoms with E-state index < -0.39 is 42.3 Å². The first kappa shape index (κ1) is 29.0. The number of aliphatic carboxylic acids is 1. The Morgan fingerprint density at radius 1 is 1.05 bits per heavy atom. The van der Waals surface area contributed by atoms with E-state index in [2.05, 4.69) is 0 Å². The van der Waals surface area contributed by atoms with Crippen molar-refractivity contribution in [3.63, 3.8) is 0 Å². The van der Waals surface area contributed by atoms with Crippen LogP contribution in [0.25, 0.3) is 0 Å². The molecule has 0 saturated carbocycles. The Kier molecular flexibility index (Phi) is 8.88. The number of carboxylic acid groups (broad SMARTS) is 1. The number of carbonyl (C=O) groups is 2. The number of benzene rings is 3. The number of aliphatic hydroxyl groups excluding tert-OH is 1. The topological polar surface area (TPSA) is 117 Å². The van der Waals surface area contributed by atoms with Gasteiger partial charge in [0.15, 0.2) is 12.4 Å². The number of ether oxygens (including phenoxy) is 2. The Hall–Kier alpha value is -3.51. The lowest BCUT2D eigenvalue weighted by Crippen LogP contribution is -2.55. The summed E-state index contributed by atoms with van der Waals surface area (Å²) in [5, 5.41) is 29.4. The van der Waals surface area contributed by atoms with Gasteiger partial charge in [0.2, 0.25) is 5.91 Å². The molecule has 2 aliphatic heterocycles. The number of β-lactam (4-membered cyclic amide) rings is 1. The first-order valence-corrected chi connectivity index (χ1v) is 13.9. The van der Waals surface area contributed by atoms with Crippen LogP contribution in [-0.4, -0.2) is 45.7 Å². The van der Waals surface area contributed by atoms with E-state index >= 15 is 0 Å². The van der Waals surface area contributed by atoms with Crippen molar-refractivity contribution >= 4 is 29.7 Å². The highest BCUT2D eigenvalue weighted by Gasteiger charge is 2.48. The zero-order valence-electron chi connectivity index (χ0n) is 21.8. The minimum absolute atomic E-state index is 0.0492. The molecular formula is C30H29F2NO7S. The molecule has 2 fully saturated rings. The summed E-state index contributed by atoms with van der Waals surface area (Å²) in [6.45, 7) is 0. The molecule has 8 nitrogen and oxygen atoms in total. The lowest BCUT2D eigenvalue weighted by atomic mass is 9.78. The number of phenols is 1. The molecule has 3 aromatic carbocycles. The van der Waals surface area contributed by atoms with Gasteiger partial charge in [-0.3, -0.25) is 4.79 Å². The van der Waals surface area contributed by atoms with Gasteiger partial charge in [-0.1, -0.05) is 24.3 Å². The van der Waals surface area contributed by atoms with Crippen LogP contribution in [0.3, 0.4) is 0 Å². The van der Waals surface area contributed by atoms with Crippen molar-refractivity contribution in [1.29, 1.82) is 0 Å². The van der Waals surface area contributed by atoms with Gasteiger partial charge in [-0.25, -0.2) is 9.18 Å². The van der Waals surface area contributed by atoms with Crippen molar-refractivity contribution in [3.05, 3.63) is 89.7 Å². The van der Waals surface area contributed by atoms with E-state index in [-0.39, 0.29) is 42.7 Å². The highest BCUT2D eigenvalue weighted by atomic mass is 32.2. The number of nitrogens with zero attached hydrogens (tertiary/aromatic N) is 1. The second-order valence-electron chi connectivity index (χ2n) is 10.2. The third-order valence-corrected chi connectivity index (χ3v) is 7.94. The van der Waals surface area contributed by atoms with Gasteiger partial charge >= 0.3 is 5.97 Å². The van der Waals surface area contributed by atoms with Gasteiger partial charge in [0.25, 0.3) is 0 Å². The van der Waals surface area contributed by atoms with Crippen LogP contribution in [0.4, 0.5) is 14.0 Å². The van der Waals surface area contributed by atoms with Gasteiger partial charge in [0, 0.05) is 23.4 Å². The number of hydrogen-bond donors (Lipinski definition) is 3. The van der Waals surface area contributed by atoms with Crippen LogP contribution in [0.1, 0.15) is 49.0 Å². The van der Waals surface area contributed by atoms with Crippen LogP contribution in [0.2, 0.25) is 0 Å². The number of amides is 1. The Morgan fingerprint density at radius 3 is 2.37 bits per heavy atom. The maximum absolute atomic E-state index is 13.6. The Labute approximate surface area is 239 Å². The third-order valence-electron chi connectivity index (χ3n) is 7.49. The fourth-order valence-corrected chi connectivity index (χ4v) is 5.68. The van der Waals surface area contributed by atoms with E-state index in [1.165, 1.54) is 24.3 Å². The maximum atomic E-state index is 13.6. The Morgan fingerprint density at radius 2 is 1.73 bits per heavy atom. The molecule has 1 amide bonds. The molecule has 2 aliphatic rings. The molecule has 11 heteroatoms. The Balaban J connectivity index is 1.38. The van der Waals surface area contributed by atoms with E-state index in [0.29, 0.717) is 29.0 Å². The molecular weight excluding hydrogens is 556 g/mol. The molecule has 5 rings (SSSR count). The summed E-state index contributed by atoms with van der Waals surface area (Å²) < 4.78 is 38.4. The summed E-state index contributed by atoms with van der Waals surface area (Å²) in [5.74, 6) is -2.16. The number of phenolic OH excluding ortho intramolecular Hbond substituents is 1. The smallest absolute Gasteiger partial charge is 0.333 e. The number of hydrogen-bond acceptors (Lipinski definition) is 7. The Bertz CT molecular complexity index is 1360. The maximum Gasteiger partial charge on any atom is 0.333 e. The van der Waals surface area contributed by atoms with Crippen LogP contribution in [0.15, 0.2) is 77.7 Å². The zero-order chi connectivity index (χ0) is 29.1. The predicted octanol–water partition coefficient (Wildman–Crippen LogP) is 5.70. The van der Waals surface area contributed by atoms with Crippen molar-refractivity contribution in [3.8, 4) is 5.75 Å². The van der Waals surface area contributed by atoms with E-state index in [1.54, 1.807) is 53.4 Å². The molecule has 216 valence electrons. The zero-order valence-corrected chi connectivity index (χ0v) is 22.6. The highest BCUT2D eigenvalue weighted by Crippen LogP contribution is 2.47. The van der Waals surface area contributed by atoms with Gasteiger partial charge in [0.05, 0.1) is 36.3 Å². The van der Waals surface area contributed by atoms with Crippen molar-refractivity contribution in [2.75, 3.05) is 4.90 Å². The van der Waals surface area contributed by atoms with Crippen molar-refractivity contribution in [2.45, 2.75) is 61.2 Å². The second kappa shape index (κ2) is 12.6. The number of aromatic hydroxyl groups is 1. The summed E-state index contributed by atoms with van der Waals surface area (Å²) in [7, 11) is 0. The fraction of sp³-hybridized carbons (Fsp3) is 0.333. The van der Waals surface area contributed by atoms with E-state index in [1.807, 2.05) is 0 Å². The largest absolute Gasteiger partial charge is 0.508 e. The first-order valence-electron chi connectivity index (χ1n) is 13.2. The minimum Gasteiger partial charge on any atom is -0.508 e. The normalized spacial score (nSPS) is 25.0. The summed E-state index contributed by atoms with van der Waals surface area (Å²) in [5.41, 5.74) is 2.02. The monoisotopic (exact) mass is 585 g/mol. The average molecular weight is 586 g/mol. The molecule has 3 aromatic rings. The van der Waals surface area contributed by atoms with Crippen LogP contribution < -0.4 is 4.90 Å². The van der Waals surface area contributed by atoms with Gasteiger partial charge in [0.1, 0.15) is 11.6 Å². The summed E-state index contributed by atoms with van der Waals surface area (Å²) >= 11 is 0.103. The predicted molar refractivity (Wildman–Crippen MR) is 146 cm³/mol. The average Bonchev–Trinajstić information content (AvgIpc) is 2.96. The van der Waals surface area contributed by atoms with Crippen molar-refractivity contribution in [2.24, 2.45) is 5.92 Å². The van der Waals surface area contributed by atoms with Crippen LogP contribution in [0.5, 0.6) is 5.75 Å². The van der Waals surface area contributed by atoms with E-state index in [9.17, 15) is 33.2 Å². The van der Waals surface area contributed by atoms with Gasteiger partial charge in [-0.15, -0.1) is 0 Å². The molecule has 0 radical (unpaired) electrons. The lowest BCUT2D eigenvalue weighted by Gasteiger charge is -2.48. The first-order chi connectivity index (χ1) is 19.7. The quantitative estimate of drug-likeness (QED) is 0.260. The summed E-state index contributed by atoms with van der Waals surface area (Å²) in [4.78, 5) is 27.0. The van der Waals surface area contributed by atoms with E-state index in [4.69, 9.17) is 9.47 Å². The van der Waals surface area contributed by atoms with Gasteiger partial charge < -0.3 is 29.7 Å². The minimum atomic E-state index is -1.22. The third kappa shape index (κ3) is 6.54. The number of halogens is 2. The molecule has 2 saturated heterocycles. The molecule has 3 unspecified atom stereocenters.